The van der Waals surface area contributed by atoms with Crippen molar-refractivity contribution in [2.75, 3.05) is 20.3 Å². The molecule has 0 radical (unpaired) electrons. The summed E-state index contributed by atoms with van der Waals surface area (Å²) in [5.74, 6) is -0.667. The van der Waals surface area contributed by atoms with Gasteiger partial charge in [-0.3, -0.25) is 9.59 Å². The monoisotopic (exact) mass is 640 g/mol. The van der Waals surface area contributed by atoms with E-state index in [4.69, 9.17) is 14.9 Å². The molecule has 0 heterocycles. The molecule has 0 aliphatic heterocycles. The van der Waals surface area contributed by atoms with Crippen molar-refractivity contribution in [2.24, 2.45) is 11.8 Å². The first-order valence-corrected chi connectivity index (χ1v) is 16.6. The Morgan fingerprint density at radius 3 is 2.20 bits per heavy atom. The zero-order valence-electron chi connectivity index (χ0n) is 29.0. The maximum atomic E-state index is 11.8. The van der Waals surface area contributed by atoms with Crippen LogP contribution in [0.3, 0.4) is 0 Å². The first-order chi connectivity index (χ1) is 22.0. The van der Waals surface area contributed by atoms with E-state index in [9.17, 15) is 14.4 Å². The van der Waals surface area contributed by atoms with Gasteiger partial charge in [0, 0.05) is 19.2 Å². The van der Waals surface area contributed by atoms with Crippen LogP contribution < -0.4 is 10.6 Å². The van der Waals surface area contributed by atoms with Crippen molar-refractivity contribution in [2.45, 2.75) is 105 Å². The quantitative estimate of drug-likeness (QED) is 0.0344. The Morgan fingerprint density at radius 1 is 0.848 bits per heavy atom. The fraction of sp³-hybridized carbons (Fsp3) is 0.553. The molecule has 0 rings (SSSR count). The highest BCUT2D eigenvalue weighted by atomic mass is 16.5. The minimum Gasteiger partial charge on any atom is -0.478 e. The fourth-order valence-corrected chi connectivity index (χ4v) is 4.52. The molecule has 0 saturated carbocycles. The molecule has 8 nitrogen and oxygen atoms in total. The van der Waals surface area contributed by atoms with Crippen LogP contribution in [0.4, 0.5) is 0 Å². The molecule has 0 aliphatic carbocycles. The molecule has 0 spiro atoms. The summed E-state index contributed by atoms with van der Waals surface area (Å²) in [6.07, 6.45) is 32.6. The average molecular weight is 641 g/mol. The van der Waals surface area contributed by atoms with Crippen molar-refractivity contribution in [3.63, 3.8) is 0 Å². The summed E-state index contributed by atoms with van der Waals surface area (Å²) in [6, 6.07) is -0.880. The van der Waals surface area contributed by atoms with Gasteiger partial charge < -0.3 is 25.6 Å². The lowest BCUT2D eigenvalue weighted by Crippen LogP contribution is -2.46. The van der Waals surface area contributed by atoms with Gasteiger partial charge in [-0.15, -0.1) is 0 Å². The van der Waals surface area contributed by atoms with Gasteiger partial charge in [0.05, 0.1) is 12.7 Å². The molecular formula is C38H60N2O6. The van der Waals surface area contributed by atoms with E-state index in [2.05, 4.69) is 80.0 Å². The number of ether oxygens (including phenoxy) is 1. The van der Waals surface area contributed by atoms with Gasteiger partial charge in [0.15, 0.2) is 0 Å². The van der Waals surface area contributed by atoms with Gasteiger partial charge >= 0.3 is 5.97 Å². The van der Waals surface area contributed by atoms with Crippen LogP contribution in [-0.4, -0.2) is 60.9 Å². The Hall–Kier alpha value is -3.49. The summed E-state index contributed by atoms with van der Waals surface area (Å²) < 4.78 is 5.63. The third-order valence-electron chi connectivity index (χ3n) is 7.44. The topological polar surface area (TPSA) is 125 Å². The number of aliphatic hydroxyl groups excluding tert-OH is 1. The maximum absolute atomic E-state index is 11.8. The van der Waals surface area contributed by atoms with E-state index < -0.39 is 18.6 Å². The van der Waals surface area contributed by atoms with Crippen LogP contribution in [0.2, 0.25) is 0 Å². The molecule has 0 aliphatic rings. The number of carbonyl (C=O) groups is 3. The van der Waals surface area contributed by atoms with E-state index in [1.165, 1.54) is 11.1 Å². The van der Waals surface area contributed by atoms with E-state index in [1.54, 1.807) is 20.1 Å². The molecule has 0 bridgehead atoms. The predicted octanol–water partition coefficient (Wildman–Crippen LogP) is 7.16. The van der Waals surface area contributed by atoms with Crippen LogP contribution in [0.25, 0.3) is 0 Å². The van der Waals surface area contributed by atoms with Crippen molar-refractivity contribution in [1.82, 2.24) is 10.6 Å². The molecule has 8 heteroatoms. The number of unbranched alkanes of at least 4 members (excludes halogenated alkanes) is 4. The highest BCUT2D eigenvalue weighted by Gasteiger charge is 2.15. The summed E-state index contributed by atoms with van der Waals surface area (Å²) in [5.41, 5.74) is 2.79. The van der Waals surface area contributed by atoms with E-state index >= 15 is 0 Å². The van der Waals surface area contributed by atoms with E-state index in [0.29, 0.717) is 24.4 Å². The van der Waals surface area contributed by atoms with Crippen molar-refractivity contribution in [3.05, 3.63) is 83.6 Å². The van der Waals surface area contributed by atoms with Crippen molar-refractivity contribution >= 4 is 18.3 Å². The minimum atomic E-state index is -0.880. The van der Waals surface area contributed by atoms with Gasteiger partial charge in [-0.25, -0.2) is 4.79 Å². The second kappa shape index (κ2) is 27.8. The van der Waals surface area contributed by atoms with E-state index in [1.807, 2.05) is 19.1 Å². The number of methoxy groups -OCH3 is 1. The van der Waals surface area contributed by atoms with Crippen LogP contribution in [0.5, 0.6) is 0 Å². The molecule has 46 heavy (non-hydrogen) atoms. The number of rotatable bonds is 26. The average Bonchev–Trinajstić information content (AvgIpc) is 3.02. The van der Waals surface area contributed by atoms with Gasteiger partial charge in [-0.05, 0) is 71.1 Å². The van der Waals surface area contributed by atoms with Crippen LogP contribution in [-0.2, 0) is 19.1 Å². The van der Waals surface area contributed by atoms with Crippen molar-refractivity contribution in [3.8, 4) is 0 Å². The number of hydrogen-bond acceptors (Lipinski definition) is 5. The molecule has 0 aromatic heterocycles. The summed E-state index contributed by atoms with van der Waals surface area (Å²) in [5, 5.41) is 23.1. The smallest absolute Gasteiger partial charge is 0.330 e. The zero-order chi connectivity index (χ0) is 34.6. The number of carbonyl (C=O) groups excluding carboxylic acids is 2. The van der Waals surface area contributed by atoms with Gasteiger partial charge in [-0.1, -0.05) is 111 Å². The van der Waals surface area contributed by atoms with E-state index in [0.717, 1.165) is 57.8 Å². The highest BCUT2D eigenvalue weighted by molar-refractivity contribution is 5.85. The number of aliphatic hydroxyl groups is 1. The Bertz CT molecular complexity index is 1080. The lowest BCUT2D eigenvalue weighted by Gasteiger charge is -2.13. The molecule has 4 atom stereocenters. The maximum Gasteiger partial charge on any atom is 0.330 e. The number of amides is 2. The van der Waals surface area contributed by atoms with Gasteiger partial charge in [0.1, 0.15) is 6.04 Å². The van der Waals surface area contributed by atoms with Gasteiger partial charge in [0.2, 0.25) is 12.3 Å². The first kappa shape index (κ1) is 42.5. The molecule has 0 fully saturated rings. The molecular weight excluding hydrogens is 580 g/mol. The molecule has 0 aromatic rings. The van der Waals surface area contributed by atoms with Crippen molar-refractivity contribution < 1.29 is 29.3 Å². The van der Waals surface area contributed by atoms with E-state index in [-0.39, 0.29) is 17.9 Å². The fourth-order valence-electron chi connectivity index (χ4n) is 4.52. The second-order valence-electron chi connectivity index (χ2n) is 11.9. The molecule has 4 unspecified atom stereocenters. The SMILES string of the molecule is COC(/C=C/C=C/C(C)CCCCCCNC(=O)C(CO)NC=O)CC/C=C(C)\C=C\CC/C=C(C)/C=C/C(C)/C=C(\C)C(=O)O. The second-order valence-corrected chi connectivity index (χ2v) is 11.9. The van der Waals surface area contributed by atoms with Crippen LogP contribution in [0.15, 0.2) is 83.6 Å². The molecule has 4 N–H and O–H groups in total. The number of aliphatic carboxylic acids is 1. The Kier molecular flexibility index (Phi) is 25.7. The van der Waals surface area contributed by atoms with Crippen LogP contribution >= 0.6 is 0 Å². The normalized spacial score (nSPS) is 15.9. The summed E-state index contributed by atoms with van der Waals surface area (Å²) in [4.78, 5) is 33.2. The third kappa shape index (κ3) is 23.8. The third-order valence-corrected chi connectivity index (χ3v) is 7.44. The molecule has 258 valence electrons. The lowest BCUT2D eigenvalue weighted by atomic mass is 10.0. The van der Waals surface area contributed by atoms with Gasteiger partial charge in [0.25, 0.3) is 0 Å². The first-order valence-electron chi connectivity index (χ1n) is 16.6. The standard InChI is InChI=1S/C38H60N2O6/c1-30(17-10-7-8-15-26-39-37(43)36(28-41)40-29-42)20-13-14-22-35(46-6)23-16-21-31(2)18-11-9-12-19-32(3)24-25-33(4)27-34(5)38(44)45/h11,13-14,18-22,24-25,27,29-30,33,35-36,41H,7-10,12,15-17,23,26,28H2,1-6H3,(H,39,43)(H,40,42)(H,44,45)/b18-11+,20-13+,22-14+,25-24+,31-21-,32-19+,34-27+. The summed E-state index contributed by atoms with van der Waals surface area (Å²) in [7, 11) is 1.75. The highest BCUT2D eigenvalue weighted by Crippen LogP contribution is 2.13. The van der Waals surface area contributed by atoms with Crippen molar-refractivity contribution in [1.29, 1.82) is 0 Å². The molecule has 0 saturated heterocycles. The Labute approximate surface area is 278 Å². The van der Waals surface area contributed by atoms with Crippen LogP contribution in [0.1, 0.15) is 92.4 Å². The Morgan fingerprint density at radius 2 is 1.52 bits per heavy atom. The Balaban J connectivity index is 4.24. The number of nitrogens with one attached hydrogen (secondary N) is 2. The summed E-state index contributed by atoms with van der Waals surface area (Å²) in [6.45, 7) is 10.1. The minimum absolute atomic E-state index is 0.0720. The number of carboxylic acids is 1. The van der Waals surface area contributed by atoms with Crippen LogP contribution in [0, 0.1) is 11.8 Å². The number of hydrogen-bond donors (Lipinski definition) is 4. The summed E-state index contributed by atoms with van der Waals surface area (Å²) >= 11 is 0. The largest absolute Gasteiger partial charge is 0.478 e. The lowest BCUT2D eigenvalue weighted by molar-refractivity contribution is -0.132. The zero-order valence-corrected chi connectivity index (χ0v) is 29.0. The predicted molar refractivity (Wildman–Crippen MR) is 189 cm³/mol. The molecule has 0 aromatic carbocycles. The number of allylic oxidation sites excluding steroid dienone is 12. The van der Waals surface area contributed by atoms with Gasteiger partial charge in [-0.2, -0.15) is 0 Å². The number of carboxylic acid groups (broad SMARTS) is 1. The molecule has 2 amide bonds.